The fourth-order valence-electron chi connectivity index (χ4n) is 0.762. The van der Waals surface area contributed by atoms with Gasteiger partial charge in [0, 0.05) is 5.02 Å². The van der Waals surface area contributed by atoms with Gasteiger partial charge in [0.15, 0.2) is 0 Å². The van der Waals surface area contributed by atoms with Crippen LogP contribution in [0, 0.1) is 5.82 Å². The van der Waals surface area contributed by atoms with Gasteiger partial charge in [-0.1, -0.05) is 11.6 Å². The van der Waals surface area contributed by atoms with Gasteiger partial charge in [-0.15, -0.1) is 0 Å². The molecule has 0 aliphatic rings. The average molecular weight is 190 g/mol. The number of hydrogen-bond acceptors (Lipinski definition) is 2. The third-order valence-electron chi connectivity index (χ3n) is 1.32. The largest absolute Gasteiger partial charge is 0.478 e. The highest BCUT2D eigenvalue weighted by Crippen LogP contribution is 2.21. The summed E-state index contributed by atoms with van der Waals surface area (Å²) < 4.78 is 12.7. The first-order valence-corrected chi connectivity index (χ1v) is 3.38. The Kier molecular flexibility index (Phi) is 2.19. The van der Waals surface area contributed by atoms with Gasteiger partial charge in [0.2, 0.25) is 0 Å². The summed E-state index contributed by atoms with van der Waals surface area (Å²) in [4.78, 5) is 10.4. The Labute approximate surface area is 72.6 Å². The molecule has 0 spiro atoms. The molecule has 0 fully saturated rings. The van der Waals surface area contributed by atoms with E-state index in [-0.39, 0.29) is 10.6 Å². The zero-order valence-electron chi connectivity index (χ0n) is 5.84. The van der Waals surface area contributed by atoms with Crippen molar-refractivity contribution in [3.63, 3.8) is 0 Å². The van der Waals surface area contributed by atoms with Crippen LogP contribution < -0.4 is 5.73 Å². The molecule has 0 aliphatic heterocycles. The highest BCUT2D eigenvalue weighted by atomic mass is 35.5. The summed E-state index contributed by atoms with van der Waals surface area (Å²) in [5.41, 5.74) is 4.42. The predicted octanol–water partition coefficient (Wildman–Crippen LogP) is 1.76. The van der Waals surface area contributed by atoms with Crippen molar-refractivity contribution in [3.05, 3.63) is 28.5 Å². The summed E-state index contributed by atoms with van der Waals surface area (Å²) >= 11 is 5.41. The van der Waals surface area contributed by atoms with Crippen LogP contribution in [-0.2, 0) is 0 Å². The van der Waals surface area contributed by atoms with Crippen LogP contribution >= 0.6 is 11.6 Å². The predicted molar refractivity (Wildman–Crippen MR) is 42.8 cm³/mol. The Morgan fingerprint density at radius 3 is 2.67 bits per heavy atom. The number of rotatable bonds is 1. The minimum absolute atomic E-state index is 0.0131. The SMILES string of the molecule is Nc1c(F)cc(Cl)cc1C(=O)O. The van der Waals surface area contributed by atoms with E-state index in [0.717, 1.165) is 12.1 Å². The van der Waals surface area contributed by atoms with Crippen molar-refractivity contribution >= 4 is 23.3 Å². The second kappa shape index (κ2) is 2.98. The van der Waals surface area contributed by atoms with Crippen molar-refractivity contribution in [1.82, 2.24) is 0 Å². The zero-order valence-corrected chi connectivity index (χ0v) is 6.60. The Bertz CT molecular complexity index is 340. The molecule has 0 heterocycles. The number of nitrogens with two attached hydrogens (primary N) is 1. The Balaban J connectivity index is 3.37. The van der Waals surface area contributed by atoms with Crippen LogP contribution in [0.2, 0.25) is 5.02 Å². The van der Waals surface area contributed by atoms with Crippen molar-refractivity contribution in [2.24, 2.45) is 0 Å². The summed E-state index contributed by atoms with van der Waals surface area (Å²) in [6, 6.07) is 2.06. The second-order valence-corrected chi connectivity index (χ2v) is 2.59. The van der Waals surface area contributed by atoms with E-state index in [9.17, 15) is 9.18 Å². The van der Waals surface area contributed by atoms with Crippen LogP contribution in [0.5, 0.6) is 0 Å². The van der Waals surface area contributed by atoms with Gasteiger partial charge in [-0.2, -0.15) is 0 Å². The smallest absolute Gasteiger partial charge is 0.337 e. The summed E-state index contributed by atoms with van der Waals surface area (Å²) in [5, 5.41) is 8.52. The number of carbonyl (C=O) groups is 1. The maximum Gasteiger partial charge on any atom is 0.337 e. The summed E-state index contributed by atoms with van der Waals surface area (Å²) in [7, 11) is 0. The monoisotopic (exact) mass is 189 g/mol. The number of nitrogen functional groups attached to an aromatic ring is 1. The molecule has 0 bridgehead atoms. The number of anilines is 1. The molecule has 0 aliphatic carbocycles. The van der Waals surface area contributed by atoms with Gasteiger partial charge in [0.25, 0.3) is 0 Å². The molecule has 3 nitrogen and oxygen atoms in total. The van der Waals surface area contributed by atoms with Gasteiger partial charge in [0.1, 0.15) is 5.82 Å². The van der Waals surface area contributed by atoms with Crippen LogP contribution in [0.15, 0.2) is 12.1 Å². The van der Waals surface area contributed by atoms with Gasteiger partial charge in [-0.25, -0.2) is 9.18 Å². The van der Waals surface area contributed by atoms with Crippen molar-refractivity contribution in [3.8, 4) is 0 Å². The molecule has 0 saturated carbocycles. The number of carboxylic acids is 1. The van der Waals surface area contributed by atoms with Crippen molar-refractivity contribution < 1.29 is 14.3 Å². The zero-order chi connectivity index (χ0) is 9.30. The van der Waals surface area contributed by atoms with E-state index >= 15 is 0 Å². The average Bonchev–Trinajstić information content (AvgIpc) is 1.96. The standard InChI is InChI=1S/C7H5ClFNO2/c8-3-1-4(7(11)12)6(10)5(9)2-3/h1-2H,10H2,(H,11,12). The van der Waals surface area contributed by atoms with Crippen molar-refractivity contribution in [1.29, 1.82) is 0 Å². The van der Waals surface area contributed by atoms with Crippen LogP contribution in [0.4, 0.5) is 10.1 Å². The lowest BCUT2D eigenvalue weighted by molar-refractivity contribution is 0.0697. The van der Waals surface area contributed by atoms with Crippen LogP contribution in [-0.4, -0.2) is 11.1 Å². The lowest BCUT2D eigenvalue weighted by Crippen LogP contribution is -2.04. The first-order chi connectivity index (χ1) is 5.52. The van der Waals surface area contributed by atoms with E-state index in [2.05, 4.69) is 0 Å². The van der Waals surface area contributed by atoms with Crippen LogP contribution in [0.25, 0.3) is 0 Å². The van der Waals surface area contributed by atoms with Gasteiger partial charge >= 0.3 is 5.97 Å². The molecule has 3 N–H and O–H groups in total. The molecule has 0 atom stereocenters. The Morgan fingerprint density at radius 1 is 1.58 bits per heavy atom. The maximum atomic E-state index is 12.7. The van der Waals surface area contributed by atoms with Gasteiger partial charge in [0.05, 0.1) is 11.3 Å². The summed E-state index contributed by atoms with van der Waals surface area (Å²) in [5.74, 6) is -2.12. The second-order valence-electron chi connectivity index (χ2n) is 2.15. The number of aromatic carboxylic acids is 1. The number of carboxylic acid groups (broad SMARTS) is 1. The maximum absolute atomic E-state index is 12.7. The topological polar surface area (TPSA) is 63.3 Å². The van der Waals surface area contributed by atoms with E-state index in [1.165, 1.54) is 0 Å². The molecule has 1 aromatic rings. The quantitative estimate of drug-likeness (QED) is 0.662. The number of benzene rings is 1. The number of hydrogen-bond donors (Lipinski definition) is 2. The molecule has 64 valence electrons. The third-order valence-corrected chi connectivity index (χ3v) is 1.54. The molecule has 12 heavy (non-hydrogen) atoms. The fourth-order valence-corrected chi connectivity index (χ4v) is 0.967. The molecule has 5 heteroatoms. The summed E-state index contributed by atoms with van der Waals surface area (Å²) in [6.07, 6.45) is 0. The molecule has 0 saturated heterocycles. The van der Waals surface area contributed by atoms with Gasteiger partial charge in [-0.05, 0) is 12.1 Å². The fraction of sp³-hybridized carbons (Fsp3) is 0. The van der Waals surface area contributed by atoms with Gasteiger partial charge < -0.3 is 10.8 Å². The molecule has 0 radical (unpaired) electrons. The van der Waals surface area contributed by atoms with Crippen LogP contribution in [0.3, 0.4) is 0 Å². The lowest BCUT2D eigenvalue weighted by atomic mass is 10.2. The van der Waals surface area contributed by atoms with Gasteiger partial charge in [-0.3, -0.25) is 0 Å². The molecule has 0 amide bonds. The highest BCUT2D eigenvalue weighted by molar-refractivity contribution is 6.31. The number of halogens is 2. The Hall–Kier alpha value is -1.29. The molecule has 1 rings (SSSR count). The molecule has 0 aromatic heterocycles. The first-order valence-electron chi connectivity index (χ1n) is 3.00. The van der Waals surface area contributed by atoms with E-state index in [0.29, 0.717) is 0 Å². The molecule has 0 unspecified atom stereocenters. The highest BCUT2D eigenvalue weighted by Gasteiger charge is 2.12. The van der Waals surface area contributed by atoms with E-state index < -0.39 is 17.5 Å². The van der Waals surface area contributed by atoms with E-state index in [1.807, 2.05) is 0 Å². The molecular formula is C7H5ClFNO2. The Morgan fingerprint density at radius 2 is 2.17 bits per heavy atom. The van der Waals surface area contributed by atoms with E-state index in [4.69, 9.17) is 22.4 Å². The molecule has 1 aromatic carbocycles. The van der Waals surface area contributed by atoms with Crippen molar-refractivity contribution in [2.45, 2.75) is 0 Å². The van der Waals surface area contributed by atoms with E-state index in [1.54, 1.807) is 0 Å². The normalized spacial score (nSPS) is 9.83. The van der Waals surface area contributed by atoms with Crippen LogP contribution in [0.1, 0.15) is 10.4 Å². The van der Waals surface area contributed by atoms with Crippen molar-refractivity contribution in [2.75, 3.05) is 5.73 Å². The summed E-state index contributed by atoms with van der Waals surface area (Å²) in [6.45, 7) is 0. The lowest BCUT2D eigenvalue weighted by Gasteiger charge is -2.01. The minimum Gasteiger partial charge on any atom is -0.478 e. The first kappa shape index (κ1) is 8.80. The minimum atomic E-state index is -1.30. The third kappa shape index (κ3) is 1.48. The molecular weight excluding hydrogens is 185 g/mol.